The van der Waals surface area contributed by atoms with Crippen LogP contribution >= 0.6 is 0 Å². The third-order valence-corrected chi connectivity index (χ3v) is 3.99. The molecule has 2 aliphatic rings. The Labute approximate surface area is 86.3 Å². The van der Waals surface area contributed by atoms with Crippen LogP contribution in [0, 0.1) is 0 Å². The Kier molecular flexibility index (Phi) is 3.72. The highest BCUT2D eigenvalue weighted by atomic mass is 32.2. The molecule has 0 unspecified atom stereocenters. The average molecular weight is 245 g/mol. The summed E-state index contributed by atoms with van der Waals surface area (Å²) in [6.45, 7) is 0.997. The standard InChI is InChI=1S/C5H9NOS.C2HF3O2/c7-8-3-4-1-5(8)2-6-4;3-2(4,5)1(6)7/h4-6H,1-3H2;(H,6,7)/t4-,5-,8-;/m0./s1. The van der Waals surface area contributed by atoms with Crippen molar-refractivity contribution in [1.82, 2.24) is 5.32 Å². The van der Waals surface area contributed by atoms with E-state index in [0.29, 0.717) is 11.3 Å². The van der Waals surface area contributed by atoms with Crippen LogP contribution in [0.25, 0.3) is 0 Å². The fraction of sp³-hybridized carbons (Fsp3) is 0.857. The van der Waals surface area contributed by atoms with Crippen molar-refractivity contribution in [2.75, 3.05) is 12.3 Å². The lowest BCUT2D eigenvalue weighted by atomic mass is 10.3. The molecule has 0 saturated carbocycles. The SMILES string of the molecule is O=C(O)C(F)(F)F.O=[S@]1C[C@@H]2C[C@H]1CN2. The van der Waals surface area contributed by atoms with Gasteiger partial charge in [-0.05, 0) is 6.42 Å². The van der Waals surface area contributed by atoms with Gasteiger partial charge in [0.1, 0.15) is 0 Å². The summed E-state index contributed by atoms with van der Waals surface area (Å²) in [6.07, 6.45) is -3.92. The Morgan fingerprint density at radius 3 is 2.13 bits per heavy atom. The van der Waals surface area contributed by atoms with E-state index in [9.17, 15) is 17.4 Å². The van der Waals surface area contributed by atoms with Gasteiger partial charge in [-0.15, -0.1) is 0 Å². The van der Waals surface area contributed by atoms with E-state index in [1.165, 1.54) is 0 Å². The van der Waals surface area contributed by atoms with Gasteiger partial charge in [-0.1, -0.05) is 0 Å². The predicted octanol–water partition coefficient (Wildman–Crippen LogP) is 0.113. The molecule has 2 saturated heterocycles. The van der Waals surface area contributed by atoms with Crippen LogP contribution in [-0.4, -0.2) is 45.1 Å². The molecule has 8 heteroatoms. The minimum absolute atomic E-state index is 0.473. The maximum Gasteiger partial charge on any atom is 0.490 e. The molecule has 15 heavy (non-hydrogen) atoms. The number of nitrogens with one attached hydrogen (secondary N) is 1. The first-order valence-electron chi connectivity index (χ1n) is 4.21. The summed E-state index contributed by atoms with van der Waals surface area (Å²) >= 11 is 0. The number of carboxylic acid groups (broad SMARTS) is 1. The van der Waals surface area contributed by atoms with Gasteiger partial charge in [0.15, 0.2) is 0 Å². The number of rotatable bonds is 0. The van der Waals surface area contributed by atoms with Gasteiger partial charge in [0.2, 0.25) is 0 Å². The fourth-order valence-corrected chi connectivity index (χ4v) is 3.10. The second kappa shape index (κ2) is 4.48. The predicted molar refractivity (Wildman–Crippen MR) is 46.9 cm³/mol. The summed E-state index contributed by atoms with van der Waals surface area (Å²) in [4.78, 5) is 8.90. The summed E-state index contributed by atoms with van der Waals surface area (Å²) in [5.41, 5.74) is 0. The number of hydrogen-bond donors (Lipinski definition) is 2. The smallest absolute Gasteiger partial charge is 0.475 e. The molecule has 2 bridgehead atoms. The zero-order valence-corrected chi connectivity index (χ0v) is 8.40. The first kappa shape index (κ1) is 12.4. The Morgan fingerprint density at radius 2 is 2.00 bits per heavy atom. The first-order valence-corrected chi connectivity index (χ1v) is 5.59. The van der Waals surface area contributed by atoms with E-state index in [1.54, 1.807) is 0 Å². The van der Waals surface area contributed by atoms with Crippen molar-refractivity contribution in [3.05, 3.63) is 0 Å². The van der Waals surface area contributed by atoms with Crippen molar-refractivity contribution in [2.45, 2.75) is 23.9 Å². The highest BCUT2D eigenvalue weighted by Gasteiger charge is 2.38. The number of hydrogen-bond acceptors (Lipinski definition) is 3. The van der Waals surface area contributed by atoms with Gasteiger partial charge in [-0.3, -0.25) is 4.21 Å². The first-order chi connectivity index (χ1) is 6.80. The lowest BCUT2D eigenvalue weighted by molar-refractivity contribution is -0.192. The minimum atomic E-state index is -5.08. The third-order valence-electron chi connectivity index (χ3n) is 2.16. The quantitative estimate of drug-likeness (QED) is 0.636. The average Bonchev–Trinajstić information content (AvgIpc) is 2.63. The van der Waals surface area contributed by atoms with Crippen molar-refractivity contribution in [1.29, 1.82) is 0 Å². The largest absolute Gasteiger partial charge is 0.490 e. The van der Waals surface area contributed by atoms with Crippen LogP contribution in [0.15, 0.2) is 0 Å². The van der Waals surface area contributed by atoms with E-state index in [2.05, 4.69) is 5.32 Å². The summed E-state index contributed by atoms with van der Waals surface area (Å²) in [6, 6.07) is 0.598. The molecule has 3 atom stereocenters. The van der Waals surface area contributed by atoms with Crippen LogP contribution in [0.2, 0.25) is 0 Å². The molecule has 2 aliphatic heterocycles. The van der Waals surface area contributed by atoms with Crippen molar-refractivity contribution in [3.63, 3.8) is 0 Å². The van der Waals surface area contributed by atoms with E-state index in [4.69, 9.17) is 9.90 Å². The summed E-state index contributed by atoms with van der Waals surface area (Å²) in [7, 11) is -0.473. The molecule has 0 aromatic carbocycles. The summed E-state index contributed by atoms with van der Waals surface area (Å²) < 4.78 is 42.6. The number of carboxylic acids is 1. The summed E-state index contributed by atoms with van der Waals surface area (Å²) in [5, 5.41) is 10.9. The molecule has 2 fully saturated rings. The van der Waals surface area contributed by atoms with Gasteiger partial charge in [0, 0.05) is 34.4 Å². The maximum atomic E-state index is 10.9. The molecule has 2 rings (SSSR count). The second-order valence-electron chi connectivity index (χ2n) is 3.31. The molecule has 88 valence electrons. The number of aliphatic carboxylic acids is 1. The molecule has 2 heterocycles. The normalized spacial score (nSPS) is 33.4. The molecule has 2 N–H and O–H groups in total. The van der Waals surface area contributed by atoms with Crippen LogP contribution in [0.5, 0.6) is 0 Å². The zero-order chi connectivity index (χ0) is 11.6. The topological polar surface area (TPSA) is 66.4 Å². The highest BCUT2D eigenvalue weighted by Crippen LogP contribution is 2.21. The highest BCUT2D eigenvalue weighted by molar-refractivity contribution is 7.86. The zero-order valence-electron chi connectivity index (χ0n) is 7.58. The van der Waals surface area contributed by atoms with Crippen LogP contribution in [0.3, 0.4) is 0 Å². The van der Waals surface area contributed by atoms with Gasteiger partial charge < -0.3 is 10.4 Å². The van der Waals surface area contributed by atoms with E-state index < -0.39 is 22.9 Å². The lowest BCUT2D eigenvalue weighted by Crippen LogP contribution is -2.32. The van der Waals surface area contributed by atoms with Crippen molar-refractivity contribution in [2.24, 2.45) is 0 Å². The van der Waals surface area contributed by atoms with Gasteiger partial charge >= 0.3 is 12.1 Å². The molecule has 0 spiro atoms. The van der Waals surface area contributed by atoms with Crippen LogP contribution < -0.4 is 5.32 Å². The summed E-state index contributed by atoms with van der Waals surface area (Å²) in [5.74, 6) is -1.85. The Balaban J connectivity index is 0.000000153. The Hall–Kier alpha value is -0.630. The molecule has 0 radical (unpaired) electrons. The molecule has 0 aliphatic carbocycles. The monoisotopic (exact) mass is 245 g/mol. The second-order valence-corrected chi connectivity index (χ2v) is 5.07. The molecular formula is C7H10F3NO3S. The van der Waals surface area contributed by atoms with Crippen LogP contribution in [0.1, 0.15) is 6.42 Å². The molecule has 0 amide bonds. The van der Waals surface area contributed by atoms with Crippen molar-refractivity contribution < 1.29 is 27.3 Å². The third kappa shape index (κ3) is 3.45. The lowest BCUT2D eigenvalue weighted by Gasteiger charge is -2.08. The Morgan fingerprint density at radius 1 is 1.47 bits per heavy atom. The van der Waals surface area contributed by atoms with Crippen molar-refractivity contribution >= 4 is 16.8 Å². The van der Waals surface area contributed by atoms with Gasteiger partial charge in [0.05, 0.1) is 0 Å². The minimum Gasteiger partial charge on any atom is -0.475 e. The van der Waals surface area contributed by atoms with E-state index >= 15 is 0 Å². The van der Waals surface area contributed by atoms with Gasteiger partial charge in [0.25, 0.3) is 0 Å². The number of carbonyl (C=O) groups is 1. The molecule has 4 nitrogen and oxygen atoms in total. The van der Waals surface area contributed by atoms with Gasteiger partial charge in [-0.2, -0.15) is 13.2 Å². The van der Waals surface area contributed by atoms with Gasteiger partial charge in [-0.25, -0.2) is 4.79 Å². The molecule has 0 aromatic rings. The number of halogens is 3. The van der Waals surface area contributed by atoms with E-state index in [-0.39, 0.29) is 0 Å². The van der Waals surface area contributed by atoms with Crippen LogP contribution in [-0.2, 0) is 15.6 Å². The van der Waals surface area contributed by atoms with E-state index in [1.807, 2.05) is 0 Å². The number of alkyl halides is 3. The van der Waals surface area contributed by atoms with E-state index in [0.717, 1.165) is 18.7 Å². The number of fused-ring (bicyclic) bond motifs is 2. The Bertz CT molecular complexity index is 281. The molecular weight excluding hydrogens is 235 g/mol. The maximum absolute atomic E-state index is 10.9. The van der Waals surface area contributed by atoms with Crippen LogP contribution in [0.4, 0.5) is 13.2 Å². The molecule has 0 aromatic heterocycles. The fourth-order valence-electron chi connectivity index (χ4n) is 1.44. The van der Waals surface area contributed by atoms with Crippen molar-refractivity contribution in [3.8, 4) is 0 Å².